The SMILES string of the molecule is CCCCN1CCC(NC(=NC)NCCCCOC2CCCCCC2)CC1.I. The van der Waals surface area contributed by atoms with E-state index in [-0.39, 0.29) is 24.0 Å². The van der Waals surface area contributed by atoms with Crippen LogP contribution in [0.2, 0.25) is 0 Å². The van der Waals surface area contributed by atoms with Gasteiger partial charge in [0.15, 0.2) is 5.96 Å². The lowest BCUT2D eigenvalue weighted by Gasteiger charge is -2.33. The van der Waals surface area contributed by atoms with Crippen LogP contribution in [0, 0.1) is 0 Å². The first kappa shape index (κ1) is 26.0. The molecule has 1 aliphatic carbocycles. The molecule has 2 aliphatic rings. The number of guanidine groups is 1. The molecule has 0 aromatic rings. The van der Waals surface area contributed by atoms with E-state index in [2.05, 4.69) is 27.4 Å². The van der Waals surface area contributed by atoms with Crippen LogP contribution in [0.3, 0.4) is 0 Å². The van der Waals surface area contributed by atoms with Gasteiger partial charge in [0.2, 0.25) is 0 Å². The Morgan fingerprint density at radius 3 is 2.36 bits per heavy atom. The Hall–Kier alpha value is -0.0800. The summed E-state index contributed by atoms with van der Waals surface area (Å²) in [6.45, 7) is 7.85. The first-order chi connectivity index (χ1) is 13.3. The standard InChI is InChI=1S/C22H44N4O.HI/c1-3-4-16-26-17-13-20(14-18-26)25-22(23-2)24-15-9-10-19-27-21-11-7-5-6-8-12-21;/h20-21H,3-19H2,1-2H3,(H2,23,24,25);1H. The zero-order chi connectivity index (χ0) is 19.2. The third-order valence-corrected chi connectivity index (χ3v) is 6.00. The molecule has 0 aromatic heterocycles. The van der Waals surface area contributed by atoms with E-state index in [0.29, 0.717) is 12.1 Å². The fraction of sp³-hybridized carbons (Fsp3) is 0.955. The second kappa shape index (κ2) is 16.7. The molecule has 1 aliphatic heterocycles. The topological polar surface area (TPSA) is 48.9 Å². The van der Waals surface area contributed by atoms with Crippen molar-refractivity contribution in [1.29, 1.82) is 0 Å². The minimum absolute atomic E-state index is 0. The number of halogens is 1. The molecule has 0 radical (unpaired) electrons. The maximum atomic E-state index is 6.08. The van der Waals surface area contributed by atoms with E-state index in [0.717, 1.165) is 32.0 Å². The van der Waals surface area contributed by atoms with Gasteiger partial charge >= 0.3 is 0 Å². The predicted molar refractivity (Wildman–Crippen MR) is 131 cm³/mol. The van der Waals surface area contributed by atoms with Gasteiger partial charge in [0.05, 0.1) is 6.10 Å². The number of nitrogens with one attached hydrogen (secondary N) is 2. The molecule has 5 nitrogen and oxygen atoms in total. The van der Waals surface area contributed by atoms with Gasteiger partial charge in [-0.2, -0.15) is 0 Å². The summed E-state index contributed by atoms with van der Waals surface area (Å²) in [5.41, 5.74) is 0. The highest BCUT2D eigenvalue weighted by Crippen LogP contribution is 2.19. The lowest BCUT2D eigenvalue weighted by atomic mass is 10.0. The molecule has 0 unspecified atom stereocenters. The molecule has 6 heteroatoms. The molecule has 0 bridgehead atoms. The number of nitrogens with zero attached hydrogens (tertiary/aromatic N) is 2. The molecule has 28 heavy (non-hydrogen) atoms. The van der Waals surface area contributed by atoms with Crippen LogP contribution in [-0.4, -0.2) is 62.8 Å². The van der Waals surface area contributed by atoms with Crippen LogP contribution < -0.4 is 10.6 Å². The number of ether oxygens (including phenoxy) is 1. The van der Waals surface area contributed by atoms with Crippen molar-refractivity contribution >= 4 is 29.9 Å². The maximum Gasteiger partial charge on any atom is 0.191 e. The molecule has 2 N–H and O–H groups in total. The van der Waals surface area contributed by atoms with Gasteiger partial charge in [-0.15, -0.1) is 24.0 Å². The monoisotopic (exact) mass is 508 g/mol. The minimum Gasteiger partial charge on any atom is -0.378 e. The van der Waals surface area contributed by atoms with Crippen LogP contribution in [0.4, 0.5) is 0 Å². The van der Waals surface area contributed by atoms with Crippen LogP contribution in [0.1, 0.15) is 84.0 Å². The summed E-state index contributed by atoms with van der Waals surface area (Å²) in [5, 5.41) is 7.09. The van der Waals surface area contributed by atoms with Gasteiger partial charge in [-0.05, 0) is 51.5 Å². The Labute approximate surface area is 190 Å². The number of rotatable bonds is 10. The van der Waals surface area contributed by atoms with Gasteiger partial charge in [0, 0.05) is 39.3 Å². The fourth-order valence-corrected chi connectivity index (χ4v) is 4.16. The third-order valence-electron chi connectivity index (χ3n) is 6.00. The molecule has 0 atom stereocenters. The molecule has 2 rings (SSSR count). The number of hydrogen-bond acceptors (Lipinski definition) is 3. The second-order valence-corrected chi connectivity index (χ2v) is 8.30. The number of hydrogen-bond donors (Lipinski definition) is 2. The number of likely N-dealkylation sites (tertiary alicyclic amines) is 1. The van der Waals surface area contributed by atoms with Crippen molar-refractivity contribution < 1.29 is 4.74 Å². The van der Waals surface area contributed by atoms with E-state index in [1.807, 2.05) is 7.05 Å². The molecular weight excluding hydrogens is 463 g/mol. The Morgan fingerprint density at radius 1 is 1.00 bits per heavy atom. The lowest BCUT2D eigenvalue weighted by Crippen LogP contribution is -2.48. The molecule has 1 saturated heterocycles. The van der Waals surface area contributed by atoms with Crippen molar-refractivity contribution in [3.05, 3.63) is 0 Å². The van der Waals surface area contributed by atoms with Crippen LogP contribution in [0.15, 0.2) is 4.99 Å². The van der Waals surface area contributed by atoms with E-state index >= 15 is 0 Å². The molecule has 0 spiro atoms. The summed E-state index contributed by atoms with van der Waals surface area (Å²) in [4.78, 5) is 7.01. The second-order valence-electron chi connectivity index (χ2n) is 8.30. The van der Waals surface area contributed by atoms with Crippen LogP contribution in [0.25, 0.3) is 0 Å². The van der Waals surface area contributed by atoms with Crippen molar-refractivity contribution in [2.24, 2.45) is 4.99 Å². The lowest BCUT2D eigenvalue weighted by molar-refractivity contribution is 0.0411. The Balaban J connectivity index is 0.00000392. The average molecular weight is 509 g/mol. The highest BCUT2D eigenvalue weighted by Gasteiger charge is 2.19. The summed E-state index contributed by atoms with van der Waals surface area (Å²) >= 11 is 0. The first-order valence-corrected chi connectivity index (χ1v) is 11.6. The fourth-order valence-electron chi connectivity index (χ4n) is 4.16. The van der Waals surface area contributed by atoms with Crippen molar-refractivity contribution in [3.8, 4) is 0 Å². The van der Waals surface area contributed by atoms with Crippen LogP contribution in [-0.2, 0) is 4.74 Å². The third kappa shape index (κ3) is 11.2. The van der Waals surface area contributed by atoms with Gasteiger partial charge in [-0.3, -0.25) is 4.99 Å². The van der Waals surface area contributed by atoms with Crippen molar-refractivity contribution in [3.63, 3.8) is 0 Å². The zero-order valence-corrected chi connectivity index (χ0v) is 20.7. The van der Waals surface area contributed by atoms with Gasteiger partial charge in [-0.25, -0.2) is 0 Å². The predicted octanol–water partition coefficient (Wildman–Crippen LogP) is 4.55. The number of unbranched alkanes of at least 4 members (excludes halogenated alkanes) is 2. The first-order valence-electron chi connectivity index (χ1n) is 11.6. The van der Waals surface area contributed by atoms with E-state index in [1.54, 1.807) is 0 Å². The van der Waals surface area contributed by atoms with Crippen LogP contribution >= 0.6 is 24.0 Å². The largest absolute Gasteiger partial charge is 0.378 e. The average Bonchev–Trinajstić information content (AvgIpc) is 2.98. The Kier molecular flexibility index (Phi) is 15.5. The summed E-state index contributed by atoms with van der Waals surface area (Å²) in [6.07, 6.45) is 15.9. The summed E-state index contributed by atoms with van der Waals surface area (Å²) in [7, 11) is 1.88. The van der Waals surface area contributed by atoms with Crippen molar-refractivity contribution in [2.45, 2.75) is 96.1 Å². The normalized spacial score (nSPS) is 20.4. The summed E-state index contributed by atoms with van der Waals surface area (Å²) in [5.74, 6) is 0.965. The molecule has 2 fully saturated rings. The van der Waals surface area contributed by atoms with E-state index in [4.69, 9.17) is 4.74 Å². The van der Waals surface area contributed by atoms with Gasteiger partial charge in [0.25, 0.3) is 0 Å². The highest BCUT2D eigenvalue weighted by atomic mass is 127. The molecule has 166 valence electrons. The zero-order valence-electron chi connectivity index (χ0n) is 18.4. The Bertz CT molecular complexity index is 392. The van der Waals surface area contributed by atoms with Crippen molar-refractivity contribution in [2.75, 3.05) is 39.8 Å². The Morgan fingerprint density at radius 2 is 1.71 bits per heavy atom. The van der Waals surface area contributed by atoms with E-state index < -0.39 is 0 Å². The molecule has 1 heterocycles. The van der Waals surface area contributed by atoms with Gasteiger partial charge < -0.3 is 20.3 Å². The van der Waals surface area contributed by atoms with Crippen molar-refractivity contribution in [1.82, 2.24) is 15.5 Å². The maximum absolute atomic E-state index is 6.08. The highest BCUT2D eigenvalue weighted by molar-refractivity contribution is 14.0. The summed E-state index contributed by atoms with van der Waals surface area (Å²) < 4.78 is 6.08. The van der Waals surface area contributed by atoms with E-state index in [1.165, 1.54) is 83.8 Å². The van der Waals surface area contributed by atoms with E-state index in [9.17, 15) is 0 Å². The number of aliphatic imine (C=N–C) groups is 1. The minimum atomic E-state index is 0. The molecule has 0 aromatic carbocycles. The molecular formula is C22H45IN4O. The molecule has 1 saturated carbocycles. The van der Waals surface area contributed by atoms with Gasteiger partial charge in [0.1, 0.15) is 0 Å². The quantitative estimate of drug-likeness (QED) is 0.149. The molecule has 0 amide bonds. The van der Waals surface area contributed by atoms with Crippen LogP contribution in [0.5, 0.6) is 0 Å². The number of piperidine rings is 1. The van der Waals surface area contributed by atoms with Gasteiger partial charge in [-0.1, -0.05) is 39.0 Å². The smallest absolute Gasteiger partial charge is 0.191 e. The summed E-state index contributed by atoms with van der Waals surface area (Å²) in [6, 6.07) is 0.563.